The molecule has 26 heavy (non-hydrogen) atoms. The topological polar surface area (TPSA) is 162 Å². The highest BCUT2D eigenvalue weighted by Gasteiger charge is 1.98. The highest BCUT2D eigenvalue weighted by Crippen LogP contribution is 1.89. The van der Waals surface area contributed by atoms with Crippen LogP contribution in [0.3, 0.4) is 0 Å². The molecule has 0 fully saturated rings. The minimum absolute atomic E-state index is 0.176. The molecule has 0 unspecified atom stereocenters. The van der Waals surface area contributed by atoms with Gasteiger partial charge in [-0.1, -0.05) is 19.7 Å². The molecule has 9 heteroatoms. The Labute approximate surface area is 155 Å². The van der Waals surface area contributed by atoms with Gasteiger partial charge in [0.2, 0.25) is 0 Å². The van der Waals surface area contributed by atoms with Crippen LogP contribution in [0.5, 0.6) is 0 Å². The standard InChI is InChI=1S/C6H10O2.2C4H6O2.3CH4O/c1-4-8-6(7)5(2)3;2*1-3(2)4(5)6;3*1-2/h2,4H2,1,3H3;2*1H2,2H3,(H,5,6);3*2H,1H3. The van der Waals surface area contributed by atoms with E-state index in [0.29, 0.717) is 12.2 Å². The number of hydrogen-bond donors (Lipinski definition) is 5. The van der Waals surface area contributed by atoms with Crippen LogP contribution in [0.4, 0.5) is 0 Å². The number of carboxylic acid groups (broad SMARTS) is 2. The fraction of sp³-hybridized carbons (Fsp3) is 0.471. The monoisotopic (exact) mass is 382 g/mol. The molecule has 0 amide bonds. The summed E-state index contributed by atoms with van der Waals surface area (Å²) in [7, 11) is 3.00. The predicted molar refractivity (Wildman–Crippen MR) is 101 cm³/mol. The number of carbonyl (C=O) groups excluding carboxylic acids is 1. The first-order chi connectivity index (χ1) is 12.0. The first kappa shape index (κ1) is 38.9. The third-order valence-electron chi connectivity index (χ3n) is 1.35. The predicted octanol–water partition coefficient (Wildman–Crippen LogP) is 1.25. The first-order valence-electron chi connectivity index (χ1n) is 6.91. The lowest BCUT2D eigenvalue weighted by Gasteiger charge is -1.96. The van der Waals surface area contributed by atoms with E-state index in [1.807, 2.05) is 0 Å². The van der Waals surface area contributed by atoms with Crippen molar-refractivity contribution in [3.63, 3.8) is 0 Å². The van der Waals surface area contributed by atoms with Gasteiger partial charge in [-0.3, -0.25) is 0 Å². The average Bonchev–Trinajstić information content (AvgIpc) is 2.61. The lowest BCUT2D eigenvalue weighted by Crippen LogP contribution is -2.03. The van der Waals surface area contributed by atoms with Crippen LogP contribution in [-0.4, -0.2) is 71.4 Å². The van der Waals surface area contributed by atoms with Crippen LogP contribution in [0.2, 0.25) is 0 Å². The maximum atomic E-state index is 10.4. The number of ether oxygens (including phenoxy) is 1. The summed E-state index contributed by atoms with van der Waals surface area (Å²) in [6.45, 7) is 16.4. The zero-order chi connectivity index (χ0) is 22.9. The highest BCUT2D eigenvalue weighted by molar-refractivity contribution is 5.87. The van der Waals surface area contributed by atoms with E-state index in [0.717, 1.165) is 21.3 Å². The summed E-state index contributed by atoms with van der Waals surface area (Å²) < 4.78 is 4.56. The Balaban J connectivity index is -0.0000000507. The van der Waals surface area contributed by atoms with Gasteiger partial charge in [0.05, 0.1) is 6.61 Å². The van der Waals surface area contributed by atoms with E-state index < -0.39 is 11.9 Å². The summed E-state index contributed by atoms with van der Waals surface area (Å²) in [5, 5.41) is 36.8. The molecule has 0 radical (unpaired) electrons. The van der Waals surface area contributed by atoms with Crippen molar-refractivity contribution in [1.82, 2.24) is 0 Å². The molecule has 0 aliphatic heterocycles. The van der Waals surface area contributed by atoms with Crippen molar-refractivity contribution in [3.8, 4) is 0 Å². The number of carbonyl (C=O) groups is 3. The van der Waals surface area contributed by atoms with Gasteiger partial charge in [-0.05, 0) is 27.7 Å². The van der Waals surface area contributed by atoms with Gasteiger partial charge in [-0.2, -0.15) is 0 Å². The number of aliphatic hydroxyl groups excluding tert-OH is 3. The van der Waals surface area contributed by atoms with E-state index in [2.05, 4.69) is 24.5 Å². The summed E-state index contributed by atoms with van der Waals surface area (Å²) >= 11 is 0. The van der Waals surface area contributed by atoms with E-state index in [1.54, 1.807) is 13.8 Å². The van der Waals surface area contributed by atoms with Crippen LogP contribution in [0.25, 0.3) is 0 Å². The Morgan fingerprint density at radius 1 is 0.692 bits per heavy atom. The van der Waals surface area contributed by atoms with Gasteiger partial charge in [0.1, 0.15) is 0 Å². The molecule has 0 saturated heterocycles. The molecule has 0 aromatic rings. The number of rotatable bonds is 4. The smallest absolute Gasteiger partial charge is 0.333 e. The van der Waals surface area contributed by atoms with Crippen molar-refractivity contribution >= 4 is 17.9 Å². The van der Waals surface area contributed by atoms with Gasteiger partial charge < -0.3 is 30.3 Å². The SMILES string of the molecule is C=C(C)C(=O)O.C=C(C)C(=O)O.C=C(C)C(=O)OCC.CO.CO.CO. The molecular weight excluding hydrogens is 348 g/mol. The first-order valence-corrected chi connectivity index (χ1v) is 6.91. The Morgan fingerprint density at radius 3 is 0.923 bits per heavy atom. The minimum atomic E-state index is -0.935. The van der Waals surface area contributed by atoms with Crippen LogP contribution >= 0.6 is 0 Å². The summed E-state index contributed by atoms with van der Waals surface area (Å²) in [6.07, 6.45) is 0. The molecule has 0 aromatic heterocycles. The van der Waals surface area contributed by atoms with E-state index in [4.69, 9.17) is 25.5 Å². The number of carboxylic acids is 2. The van der Waals surface area contributed by atoms with Gasteiger partial charge in [0.15, 0.2) is 0 Å². The number of hydrogen-bond acceptors (Lipinski definition) is 7. The van der Waals surface area contributed by atoms with Gasteiger partial charge in [0, 0.05) is 38.0 Å². The molecule has 9 nitrogen and oxygen atoms in total. The second kappa shape index (κ2) is 34.0. The van der Waals surface area contributed by atoms with Crippen LogP contribution in [-0.2, 0) is 19.1 Å². The van der Waals surface area contributed by atoms with E-state index in [9.17, 15) is 14.4 Å². The van der Waals surface area contributed by atoms with Crippen LogP contribution < -0.4 is 0 Å². The summed E-state index contributed by atoms with van der Waals surface area (Å²) in [5.41, 5.74) is 0.803. The summed E-state index contributed by atoms with van der Waals surface area (Å²) in [4.78, 5) is 29.6. The largest absolute Gasteiger partial charge is 0.478 e. The van der Waals surface area contributed by atoms with Crippen molar-refractivity contribution in [2.24, 2.45) is 0 Å². The van der Waals surface area contributed by atoms with Crippen LogP contribution in [0, 0.1) is 0 Å². The molecule has 0 heterocycles. The molecule has 0 saturated carbocycles. The maximum Gasteiger partial charge on any atom is 0.333 e. The molecule has 5 N–H and O–H groups in total. The molecule has 156 valence electrons. The second-order valence-electron chi connectivity index (χ2n) is 3.67. The lowest BCUT2D eigenvalue weighted by molar-refractivity contribution is -0.138. The van der Waals surface area contributed by atoms with E-state index >= 15 is 0 Å². The molecule has 0 bridgehead atoms. The van der Waals surface area contributed by atoms with Gasteiger partial charge in [-0.15, -0.1) is 0 Å². The quantitative estimate of drug-likeness (QED) is 0.356. The van der Waals surface area contributed by atoms with Crippen molar-refractivity contribution in [1.29, 1.82) is 0 Å². The molecule has 0 aliphatic carbocycles. The summed E-state index contributed by atoms with van der Waals surface area (Å²) in [6, 6.07) is 0. The Hall–Kier alpha value is -2.49. The van der Waals surface area contributed by atoms with E-state index in [-0.39, 0.29) is 17.1 Å². The summed E-state index contributed by atoms with van der Waals surface area (Å²) in [5.74, 6) is -2.18. The third kappa shape index (κ3) is 57.8. The van der Waals surface area contributed by atoms with Crippen molar-refractivity contribution < 1.29 is 44.7 Å². The molecule has 0 spiro atoms. The number of esters is 1. The zero-order valence-electron chi connectivity index (χ0n) is 16.7. The molecule has 0 atom stereocenters. The van der Waals surface area contributed by atoms with Crippen molar-refractivity contribution in [2.45, 2.75) is 27.7 Å². The minimum Gasteiger partial charge on any atom is -0.478 e. The Morgan fingerprint density at radius 2 is 0.885 bits per heavy atom. The maximum absolute atomic E-state index is 10.4. The average molecular weight is 382 g/mol. The van der Waals surface area contributed by atoms with Crippen molar-refractivity contribution in [2.75, 3.05) is 27.9 Å². The fourth-order valence-electron chi connectivity index (χ4n) is 0.254. The second-order valence-corrected chi connectivity index (χ2v) is 3.67. The van der Waals surface area contributed by atoms with Crippen molar-refractivity contribution in [3.05, 3.63) is 36.5 Å². The molecule has 0 aliphatic rings. The van der Waals surface area contributed by atoms with Crippen LogP contribution in [0.1, 0.15) is 27.7 Å². The van der Waals surface area contributed by atoms with E-state index in [1.165, 1.54) is 13.8 Å². The zero-order valence-corrected chi connectivity index (χ0v) is 16.7. The third-order valence-corrected chi connectivity index (χ3v) is 1.35. The molecule has 0 rings (SSSR count). The Kier molecular flexibility index (Phi) is 50.8. The Bertz CT molecular complexity index is 351. The highest BCUT2D eigenvalue weighted by atomic mass is 16.5. The van der Waals surface area contributed by atoms with Gasteiger partial charge in [0.25, 0.3) is 0 Å². The van der Waals surface area contributed by atoms with Crippen LogP contribution in [0.15, 0.2) is 36.5 Å². The normalized spacial score (nSPS) is 6.69. The van der Waals surface area contributed by atoms with Gasteiger partial charge >= 0.3 is 17.9 Å². The number of aliphatic carboxylic acids is 2. The molecule has 0 aromatic carbocycles. The lowest BCUT2D eigenvalue weighted by atomic mass is 10.4. The number of aliphatic hydroxyl groups is 3. The molecular formula is C17H34O9. The van der Waals surface area contributed by atoms with Gasteiger partial charge in [-0.25, -0.2) is 14.4 Å². The fourth-order valence-corrected chi connectivity index (χ4v) is 0.254.